The van der Waals surface area contributed by atoms with Crippen LogP contribution in [0.1, 0.15) is 40.7 Å². The third-order valence-corrected chi connectivity index (χ3v) is 5.78. The van der Waals surface area contributed by atoms with Crippen LogP contribution in [-0.4, -0.2) is 142 Å². The fraction of sp³-hybridized carbons (Fsp3) is 0.645. The number of ketones is 1. The van der Waals surface area contributed by atoms with Crippen molar-refractivity contribution in [1.82, 2.24) is 15.1 Å². The van der Waals surface area contributed by atoms with Gasteiger partial charge in [0.05, 0.1) is 39.7 Å². The van der Waals surface area contributed by atoms with E-state index in [0.29, 0.717) is 37.3 Å². The molecule has 0 aliphatic carbocycles. The minimum Gasteiger partial charge on any atom is -0.464 e. The molecule has 0 aliphatic rings. The van der Waals surface area contributed by atoms with Crippen molar-refractivity contribution in [2.24, 2.45) is 0 Å². The molecule has 10 nitrogen and oxygen atoms in total. The van der Waals surface area contributed by atoms with Crippen LogP contribution in [-0.2, 0) is 19.1 Å². The normalized spacial score (nSPS) is 11.4. The average Bonchev–Trinajstić information content (AvgIpc) is 2.85. The number of ether oxygens (including phenoxy) is 1. The molecule has 1 amide bonds. The van der Waals surface area contributed by atoms with E-state index in [1.165, 1.54) is 0 Å². The van der Waals surface area contributed by atoms with E-state index in [4.69, 9.17) is 21.4 Å². The number of halogens is 1. The smallest absolute Gasteiger partial charge is 0.313 e. The highest BCUT2D eigenvalue weighted by Gasteiger charge is 2.19. The van der Waals surface area contributed by atoms with E-state index in [0.717, 1.165) is 18.5 Å². The summed E-state index contributed by atoms with van der Waals surface area (Å²) < 4.78 is 5.58. The number of amides is 1. The maximum absolute atomic E-state index is 11.7. The number of nitrogens with one attached hydrogen (secondary N) is 1. The van der Waals surface area contributed by atoms with Crippen LogP contribution in [0.2, 0.25) is 0 Å². The summed E-state index contributed by atoms with van der Waals surface area (Å²) in [6, 6.07) is 9.72. The third kappa shape index (κ3) is 27.8. The standard InChI is InChI=1S/C17H25ClN2O2.C11H22N2O4.3CH4/c1-20(2,14-16(21)13-18)12-6-11-19-17(22)10-9-15-7-4-3-5-8-15;1-12(2)5-7-17-11(16)8-10(15)9-13(3)4-6-14;;;/h3-5,7-10,16,21H,6,11-14H2,1-2H3;14H,4-9H2,1-3H3;3*1H4/p+1. The number of benzene rings is 1. The third-order valence-electron chi connectivity index (χ3n) is 5.42. The van der Waals surface area contributed by atoms with Crippen molar-refractivity contribution in [2.75, 3.05) is 93.6 Å². The molecule has 0 saturated carbocycles. The molecule has 0 spiro atoms. The Kier molecular flexibility index (Phi) is 30.5. The van der Waals surface area contributed by atoms with Crippen molar-refractivity contribution in [3.63, 3.8) is 0 Å². The maximum atomic E-state index is 11.7. The first-order valence-electron chi connectivity index (χ1n) is 13.1. The van der Waals surface area contributed by atoms with Crippen molar-refractivity contribution in [3.8, 4) is 0 Å². The molecule has 1 aromatic rings. The van der Waals surface area contributed by atoms with Gasteiger partial charge in [-0.25, -0.2) is 0 Å². The summed E-state index contributed by atoms with van der Waals surface area (Å²) in [6.07, 6.45) is 3.51. The van der Waals surface area contributed by atoms with Crippen molar-refractivity contribution in [3.05, 3.63) is 42.0 Å². The lowest BCUT2D eigenvalue weighted by atomic mass is 10.2. The van der Waals surface area contributed by atoms with Crippen LogP contribution in [0.15, 0.2) is 36.4 Å². The topological polar surface area (TPSA) is 119 Å². The average molecular weight is 620 g/mol. The summed E-state index contributed by atoms with van der Waals surface area (Å²) >= 11 is 5.62. The number of hydrogen-bond acceptors (Lipinski definition) is 8. The summed E-state index contributed by atoms with van der Waals surface area (Å²) in [4.78, 5) is 37.9. The van der Waals surface area contributed by atoms with Gasteiger partial charge in [-0.3, -0.25) is 19.3 Å². The highest BCUT2D eigenvalue weighted by Crippen LogP contribution is 2.03. The first-order chi connectivity index (χ1) is 18.4. The summed E-state index contributed by atoms with van der Waals surface area (Å²) in [5, 5.41) is 21.1. The van der Waals surface area contributed by atoms with Crippen LogP contribution < -0.4 is 5.32 Å². The summed E-state index contributed by atoms with van der Waals surface area (Å²) in [7, 11) is 9.57. The van der Waals surface area contributed by atoms with E-state index in [1.54, 1.807) is 24.1 Å². The van der Waals surface area contributed by atoms with Gasteiger partial charge in [0.2, 0.25) is 5.91 Å². The molecule has 0 aromatic heterocycles. The molecule has 1 unspecified atom stereocenters. The molecule has 0 fully saturated rings. The Bertz CT molecular complexity index is 853. The number of alkyl halides is 1. The molecule has 11 heteroatoms. The molecular formula is C31H60ClN4O6+. The van der Waals surface area contributed by atoms with Crippen LogP contribution in [0, 0.1) is 0 Å². The lowest BCUT2D eigenvalue weighted by Crippen LogP contribution is -2.47. The number of Topliss-reactive ketones (excluding diaryl/α,β-unsaturated/α-hetero) is 1. The van der Waals surface area contributed by atoms with Gasteiger partial charge in [0.25, 0.3) is 0 Å². The number of quaternary nitrogens is 1. The number of esters is 1. The van der Waals surface area contributed by atoms with Crippen LogP contribution in [0.5, 0.6) is 0 Å². The predicted molar refractivity (Wildman–Crippen MR) is 176 cm³/mol. The minimum atomic E-state index is -0.491. The van der Waals surface area contributed by atoms with Crippen molar-refractivity contribution < 1.29 is 33.8 Å². The van der Waals surface area contributed by atoms with Gasteiger partial charge in [-0.1, -0.05) is 52.6 Å². The van der Waals surface area contributed by atoms with Gasteiger partial charge in [0.15, 0.2) is 5.78 Å². The van der Waals surface area contributed by atoms with E-state index in [-0.39, 0.29) is 59.4 Å². The van der Waals surface area contributed by atoms with Crippen molar-refractivity contribution in [1.29, 1.82) is 0 Å². The van der Waals surface area contributed by atoms with E-state index in [1.807, 2.05) is 63.4 Å². The minimum absolute atomic E-state index is 0. The Labute approximate surface area is 260 Å². The first kappa shape index (κ1) is 46.6. The number of carbonyl (C=O) groups excluding carboxylic acids is 3. The fourth-order valence-electron chi connectivity index (χ4n) is 3.39. The molecule has 1 rings (SSSR count). The molecular weight excluding hydrogens is 560 g/mol. The monoisotopic (exact) mass is 619 g/mol. The Morgan fingerprint density at radius 1 is 1.07 bits per heavy atom. The van der Waals surface area contributed by atoms with Crippen LogP contribution in [0.3, 0.4) is 0 Å². The summed E-state index contributed by atoms with van der Waals surface area (Å²) in [5.41, 5.74) is 1.01. The Morgan fingerprint density at radius 2 is 1.69 bits per heavy atom. The molecule has 0 bridgehead atoms. The van der Waals surface area contributed by atoms with E-state index in [9.17, 15) is 19.5 Å². The fourth-order valence-corrected chi connectivity index (χ4v) is 3.48. The second kappa shape index (κ2) is 27.5. The number of rotatable bonds is 18. The zero-order valence-corrected chi connectivity index (χ0v) is 24.9. The second-order valence-electron chi connectivity index (χ2n) is 10.2. The Hall–Kier alpha value is -2.34. The molecule has 42 heavy (non-hydrogen) atoms. The molecule has 0 radical (unpaired) electrons. The number of likely N-dealkylation sites (N-methyl/N-ethyl adjacent to an activating group) is 3. The van der Waals surface area contributed by atoms with Crippen molar-refractivity contribution in [2.45, 2.75) is 41.2 Å². The van der Waals surface area contributed by atoms with Crippen LogP contribution >= 0.6 is 11.6 Å². The first-order valence-corrected chi connectivity index (χ1v) is 13.6. The van der Waals surface area contributed by atoms with E-state index >= 15 is 0 Å². The molecule has 3 N–H and O–H groups in total. The molecule has 1 aromatic carbocycles. The predicted octanol–water partition coefficient (Wildman–Crippen LogP) is 2.77. The van der Waals surface area contributed by atoms with Gasteiger partial charge in [0, 0.05) is 32.1 Å². The van der Waals surface area contributed by atoms with Gasteiger partial charge in [-0.05, 0) is 32.8 Å². The number of carbonyl (C=O) groups is 3. The van der Waals surface area contributed by atoms with Crippen LogP contribution in [0.4, 0.5) is 0 Å². The quantitative estimate of drug-likeness (QED) is 0.0573. The number of aliphatic hydroxyl groups is 2. The highest BCUT2D eigenvalue weighted by atomic mass is 35.5. The Morgan fingerprint density at radius 3 is 2.24 bits per heavy atom. The highest BCUT2D eigenvalue weighted by molar-refractivity contribution is 6.18. The van der Waals surface area contributed by atoms with Crippen molar-refractivity contribution >= 4 is 35.3 Å². The SMILES string of the molecule is C.C.C.CN(C)CCOC(=O)CC(=O)CN(C)CCO.C[N+](C)(CCCNC(=O)C=Cc1ccccc1)CC(O)CCl. The van der Waals surface area contributed by atoms with Crippen LogP contribution in [0.25, 0.3) is 6.08 Å². The molecule has 0 heterocycles. The van der Waals surface area contributed by atoms with Gasteiger partial charge < -0.3 is 29.6 Å². The summed E-state index contributed by atoms with van der Waals surface area (Å²) in [6.45, 7) is 3.62. The van der Waals surface area contributed by atoms with Gasteiger partial charge in [0.1, 0.15) is 25.7 Å². The number of hydrogen-bond donors (Lipinski definition) is 3. The zero-order chi connectivity index (χ0) is 29.7. The van der Waals surface area contributed by atoms with Gasteiger partial charge >= 0.3 is 5.97 Å². The molecule has 1 atom stereocenters. The lowest BCUT2D eigenvalue weighted by molar-refractivity contribution is -0.893. The van der Waals surface area contributed by atoms with E-state index in [2.05, 4.69) is 5.32 Å². The zero-order valence-electron chi connectivity index (χ0n) is 24.1. The number of aliphatic hydroxyl groups excluding tert-OH is 2. The van der Waals surface area contributed by atoms with E-state index < -0.39 is 12.1 Å². The Balaban J connectivity index is -0.000000331. The summed E-state index contributed by atoms with van der Waals surface area (Å²) in [5.74, 6) is -0.525. The molecule has 0 saturated heterocycles. The lowest BCUT2D eigenvalue weighted by Gasteiger charge is -2.31. The molecule has 246 valence electrons. The second-order valence-corrected chi connectivity index (χ2v) is 10.5. The largest absolute Gasteiger partial charge is 0.464 e. The molecule has 0 aliphatic heterocycles. The van der Waals surface area contributed by atoms with Gasteiger partial charge in [-0.15, -0.1) is 11.6 Å². The maximum Gasteiger partial charge on any atom is 0.313 e. The number of nitrogens with zero attached hydrogens (tertiary/aromatic N) is 3. The van der Waals surface area contributed by atoms with Gasteiger partial charge in [-0.2, -0.15) is 0 Å².